The summed E-state index contributed by atoms with van der Waals surface area (Å²) in [4.78, 5) is 8.29. The quantitative estimate of drug-likeness (QED) is 0.579. The van der Waals surface area contributed by atoms with Gasteiger partial charge in [-0.05, 0) is 58.7 Å². The lowest BCUT2D eigenvalue weighted by Crippen LogP contribution is -2.46. The van der Waals surface area contributed by atoms with Crippen LogP contribution in [0.25, 0.3) is 10.9 Å². The third kappa shape index (κ3) is 4.16. The van der Waals surface area contributed by atoms with Crippen LogP contribution in [0.15, 0.2) is 53.1 Å². The molecule has 2 aromatic carbocycles. The number of nitrogens with one attached hydrogen (secondary N) is 1. The van der Waals surface area contributed by atoms with Crippen molar-refractivity contribution >= 4 is 32.5 Å². The molecule has 0 spiro atoms. The molecule has 4 rings (SSSR count). The van der Waals surface area contributed by atoms with Gasteiger partial charge in [0.15, 0.2) is 0 Å². The molecule has 1 saturated heterocycles. The van der Waals surface area contributed by atoms with Crippen molar-refractivity contribution in [3.63, 3.8) is 0 Å². The van der Waals surface area contributed by atoms with Crippen molar-refractivity contribution in [2.75, 3.05) is 44.2 Å². The number of nitriles is 1. The minimum absolute atomic E-state index is 0.626. The van der Waals surface area contributed by atoms with Gasteiger partial charge in [-0.3, -0.25) is 4.90 Å². The van der Waals surface area contributed by atoms with Gasteiger partial charge in [0.1, 0.15) is 11.8 Å². The fourth-order valence-corrected chi connectivity index (χ4v) is 4.16. The van der Waals surface area contributed by atoms with Crippen LogP contribution in [0.2, 0.25) is 0 Å². The Labute approximate surface area is 173 Å². The van der Waals surface area contributed by atoms with E-state index in [9.17, 15) is 0 Å². The number of hydrogen-bond donors (Lipinski definition) is 1. The van der Waals surface area contributed by atoms with E-state index in [-0.39, 0.29) is 0 Å². The standard InChI is InChI=1S/C22H23BrN4O/c23-20-15-18(6-5-17(20)16-24)28-14-2-9-26-10-12-27(13-11-26)22-4-1-3-21-19(22)7-8-25-21/h1,3-8,15,25H,2,9-14H2. The molecule has 0 amide bonds. The van der Waals surface area contributed by atoms with E-state index in [1.165, 1.54) is 16.6 Å². The van der Waals surface area contributed by atoms with Crippen molar-refractivity contribution in [2.24, 2.45) is 0 Å². The predicted octanol–water partition coefficient (Wildman–Crippen LogP) is 4.39. The monoisotopic (exact) mass is 438 g/mol. The number of nitrogens with zero attached hydrogens (tertiary/aromatic N) is 3. The minimum Gasteiger partial charge on any atom is -0.494 e. The molecule has 5 nitrogen and oxygen atoms in total. The lowest BCUT2D eigenvalue weighted by atomic mass is 10.1. The lowest BCUT2D eigenvalue weighted by molar-refractivity contribution is 0.225. The predicted molar refractivity (Wildman–Crippen MR) is 116 cm³/mol. The number of ether oxygens (including phenoxy) is 1. The molecule has 1 fully saturated rings. The average Bonchev–Trinajstić information content (AvgIpc) is 3.21. The van der Waals surface area contributed by atoms with Crippen LogP contribution in [-0.2, 0) is 0 Å². The van der Waals surface area contributed by atoms with Gasteiger partial charge in [-0.25, -0.2) is 0 Å². The van der Waals surface area contributed by atoms with Crippen LogP contribution in [0.4, 0.5) is 5.69 Å². The molecule has 6 heteroatoms. The van der Waals surface area contributed by atoms with E-state index in [1.807, 2.05) is 18.3 Å². The SMILES string of the molecule is N#Cc1ccc(OCCCN2CCN(c3cccc4[nH]ccc34)CC2)cc1Br. The Bertz CT molecular complexity index is 986. The fraction of sp³-hybridized carbons (Fsp3) is 0.318. The van der Waals surface area contributed by atoms with Crippen LogP contribution in [0.3, 0.4) is 0 Å². The van der Waals surface area contributed by atoms with Crippen LogP contribution in [0.5, 0.6) is 5.75 Å². The van der Waals surface area contributed by atoms with Crippen molar-refractivity contribution in [2.45, 2.75) is 6.42 Å². The zero-order chi connectivity index (χ0) is 19.3. The Kier molecular flexibility index (Phi) is 5.84. The molecule has 1 aliphatic heterocycles. The Morgan fingerprint density at radius 1 is 1.11 bits per heavy atom. The van der Waals surface area contributed by atoms with Gasteiger partial charge in [0.2, 0.25) is 0 Å². The van der Waals surface area contributed by atoms with Crippen LogP contribution >= 0.6 is 15.9 Å². The summed E-state index contributed by atoms with van der Waals surface area (Å²) < 4.78 is 6.61. The highest BCUT2D eigenvalue weighted by Crippen LogP contribution is 2.27. The van der Waals surface area contributed by atoms with Gasteiger partial charge in [0.05, 0.1) is 12.2 Å². The highest BCUT2D eigenvalue weighted by atomic mass is 79.9. The van der Waals surface area contributed by atoms with E-state index >= 15 is 0 Å². The zero-order valence-corrected chi connectivity index (χ0v) is 17.3. The van der Waals surface area contributed by atoms with E-state index in [2.05, 4.69) is 61.0 Å². The summed E-state index contributed by atoms with van der Waals surface area (Å²) in [5.41, 5.74) is 3.15. The first-order valence-corrected chi connectivity index (χ1v) is 10.4. The molecule has 0 radical (unpaired) electrons. The maximum Gasteiger partial charge on any atom is 0.120 e. The van der Waals surface area contributed by atoms with Gasteiger partial charge >= 0.3 is 0 Å². The maximum atomic E-state index is 8.97. The Hall–Kier alpha value is -2.49. The number of rotatable bonds is 6. The number of H-pyrrole nitrogens is 1. The van der Waals surface area contributed by atoms with Crippen LogP contribution in [0, 0.1) is 11.3 Å². The van der Waals surface area contributed by atoms with Crippen molar-refractivity contribution < 1.29 is 4.74 Å². The number of anilines is 1. The summed E-state index contributed by atoms with van der Waals surface area (Å²) in [6.45, 7) is 5.97. The van der Waals surface area contributed by atoms with Gasteiger partial charge in [0, 0.05) is 60.0 Å². The van der Waals surface area contributed by atoms with Crippen molar-refractivity contribution in [1.29, 1.82) is 5.26 Å². The molecule has 0 bridgehead atoms. The molecule has 0 saturated carbocycles. The summed E-state index contributed by atoms with van der Waals surface area (Å²) in [5.74, 6) is 0.801. The first kappa shape index (κ1) is 18.9. The number of piperazine rings is 1. The van der Waals surface area contributed by atoms with Crippen LogP contribution < -0.4 is 9.64 Å². The molecule has 144 valence electrons. The van der Waals surface area contributed by atoms with Gasteiger partial charge < -0.3 is 14.6 Å². The number of fused-ring (bicyclic) bond motifs is 1. The Morgan fingerprint density at radius 2 is 1.96 bits per heavy atom. The van der Waals surface area contributed by atoms with Crippen molar-refractivity contribution in [3.05, 3.63) is 58.7 Å². The van der Waals surface area contributed by atoms with E-state index in [4.69, 9.17) is 10.00 Å². The first-order chi connectivity index (χ1) is 13.7. The fourth-order valence-electron chi connectivity index (χ4n) is 3.71. The molecular weight excluding hydrogens is 416 g/mol. The molecule has 1 N–H and O–H groups in total. The molecule has 1 aromatic heterocycles. The van der Waals surface area contributed by atoms with Gasteiger partial charge in [-0.1, -0.05) is 6.07 Å². The second kappa shape index (κ2) is 8.68. The normalized spacial score (nSPS) is 14.9. The third-order valence-corrected chi connectivity index (χ3v) is 5.89. The van der Waals surface area contributed by atoms with E-state index in [0.717, 1.165) is 49.4 Å². The zero-order valence-electron chi connectivity index (χ0n) is 15.7. The topological polar surface area (TPSA) is 55.3 Å². The van der Waals surface area contributed by atoms with Gasteiger partial charge in [0.25, 0.3) is 0 Å². The first-order valence-electron chi connectivity index (χ1n) is 9.60. The van der Waals surface area contributed by atoms with E-state index in [0.29, 0.717) is 12.2 Å². The number of aromatic nitrogens is 1. The number of aromatic amines is 1. The molecule has 1 aliphatic rings. The summed E-state index contributed by atoms with van der Waals surface area (Å²) in [5, 5.41) is 10.3. The second-order valence-corrected chi connectivity index (χ2v) is 7.85. The maximum absolute atomic E-state index is 8.97. The highest BCUT2D eigenvalue weighted by Gasteiger charge is 2.18. The molecular formula is C22H23BrN4O. The molecule has 0 aliphatic carbocycles. The summed E-state index contributed by atoms with van der Waals surface area (Å²) >= 11 is 3.40. The highest BCUT2D eigenvalue weighted by molar-refractivity contribution is 9.10. The number of hydrogen-bond acceptors (Lipinski definition) is 4. The average molecular weight is 439 g/mol. The minimum atomic E-state index is 0.626. The summed E-state index contributed by atoms with van der Waals surface area (Å²) in [7, 11) is 0. The van der Waals surface area contributed by atoms with E-state index in [1.54, 1.807) is 6.07 Å². The summed E-state index contributed by atoms with van der Waals surface area (Å²) in [6, 6.07) is 16.3. The van der Waals surface area contributed by atoms with E-state index < -0.39 is 0 Å². The largest absolute Gasteiger partial charge is 0.494 e. The van der Waals surface area contributed by atoms with Gasteiger partial charge in [-0.2, -0.15) is 5.26 Å². The summed E-state index contributed by atoms with van der Waals surface area (Å²) in [6.07, 6.45) is 3.00. The van der Waals surface area contributed by atoms with Crippen molar-refractivity contribution in [3.8, 4) is 11.8 Å². The molecule has 3 aromatic rings. The molecule has 2 heterocycles. The number of benzene rings is 2. The third-order valence-electron chi connectivity index (χ3n) is 5.23. The Morgan fingerprint density at radius 3 is 2.75 bits per heavy atom. The molecule has 0 unspecified atom stereocenters. The second-order valence-electron chi connectivity index (χ2n) is 7.00. The number of halogens is 1. The van der Waals surface area contributed by atoms with Gasteiger partial charge in [-0.15, -0.1) is 0 Å². The van der Waals surface area contributed by atoms with Crippen LogP contribution in [0.1, 0.15) is 12.0 Å². The van der Waals surface area contributed by atoms with Crippen molar-refractivity contribution in [1.82, 2.24) is 9.88 Å². The molecule has 28 heavy (non-hydrogen) atoms. The molecule has 0 atom stereocenters. The lowest BCUT2D eigenvalue weighted by Gasteiger charge is -2.36. The smallest absolute Gasteiger partial charge is 0.120 e. The van der Waals surface area contributed by atoms with Crippen LogP contribution in [-0.4, -0.2) is 49.2 Å². The Balaban J connectivity index is 1.22.